The van der Waals surface area contributed by atoms with E-state index >= 15 is 0 Å². The fourth-order valence-corrected chi connectivity index (χ4v) is 1.07. The number of nitrogens with zero attached hydrogens (tertiary/aromatic N) is 1. The lowest BCUT2D eigenvalue weighted by molar-refractivity contribution is 0.0594. The predicted octanol–water partition coefficient (Wildman–Crippen LogP) is 1.24. The van der Waals surface area contributed by atoms with Gasteiger partial charge in [-0.15, -0.1) is 0 Å². The Morgan fingerprint density at radius 3 is 2.73 bits per heavy atom. The van der Waals surface area contributed by atoms with Crippen LogP contribution in [0.25, 0.3) is 0 Å². The van der Waals surface area contributed by atoms with Crippen molar-refractivity contribution in [2.24, 2.45) is 0 Å². The first-order valence-corrected chi connectivity index (χ1v) is 4.55. The van der Waals surface area contributed by atoms with Gasteiger partial charge in [0, 0.05) is 12.3 Å². The Kier molecular flexibility index (Phi) is 3.49. The number of ether oxygens (including phenoxy) is 2. The Labute approximate surface area is 88.2 Å². The van der Waals surface area contributed by atoms with Gasteiger partial charge in [0.1, 0.15) is 17.1 Å². The first-order chi connectivity index (χ1) is 7.04. The van der Waals surface area contributed by atoms with Crippen LogP contribution in [0, 0.1) is 0 Å². The van der Waals surface area contributed by atoms with E-state index in [-0.39, 0.29) is 11.7 Å². The van der Waals surface area contributed by atoms with Crippen LogP contribution >= 0.6 is 0 Å². The SMILES string of the molecule is COC(=O)c1cnc(N)cc1OC(C)C. The van der Waals surface area contributed by atoms with E-state index in [2.05, 4.69) is 9.72 Å². The van der Waals surface area contributed by atoms with Crippen molar-refractivity contribution in [3.05, 3.63) is 17.8 Å². The van der Waals surface area contributed by atoms with Crippen LogP contribution in [0.3, 0.4) is 0 Å². The van der Waals surface area contributed by atoms with Crippen molar-refractivity contribution in [2.75, 3.05) is 12.8 Å². The van der Waals surface area contributed by atoms with Crippen LogP contribution in [0.2, 0.25) is 0 Å². The Bertz CT molecular complexity index is 364. The van der Waals surface area contributed by atoms with E-state index < -0.39 is 5.97 Å². The number of methoxy groups -OCH3 is 1. The minimum Gasteiger partial charge on any atom is -0.490 e. The monoisotopic (exact) mass is 210 g/mol. The number of carbonyl (C=O) groups excluding carboxylic acids is 1. The Morgan fingerprint density at radius 2 is 2.20 bits per heavy atom. The van der Waals surface area contributed by atoms with Crippen molar-refractivity contribution in [3.63, 3.8) is 0 Å². The summed E-state index contributed by atoms with van der Waals surface area (Å²) >= 11 is 0. The van der Waals surface area contributed by atoms with Crippen LogP contribution in [-0.4, -0.2) is 24.2 Å². The molecule has 0 saturated carbocycles. The van der Waals surface area contributed by atoms with Gasteiger partial charge in [0.25, 0.3) is 0 Å². The van der Waals surface area contributed by atoms with Crippen LogP contribution in [-0.2, 0) is 4.74 Å². The zero-order valence-corrected chi connectivity index (χ0v) is 8.98. The molecule has 0 saturated heterocycles. The van der Waals surface area contributed by atoms with Gasteiger partial charge >= 0.3 is 5.97 Å². The zero-order chi connectivity index (χ0) is 11.4. The highest BCUT2D eigenvalue weighted by atomic mass is 16.5. The van der Waals surface area contributed by atoms with Gasteiger partial charge in [-0.25, -0.2) is 9.78 Å². The minimum absolute atomic E-state index is 0.0461. The average Bonchev–Trinajstić information content (AvgIpc) is 2.16. The van der Waals surface area contributed by atoms with Crippen LogP contribution in [0.1, 0.15) is 24.2 Å². The number of nitrogens with two attached hydrogens (primary N) is 1. The molecule has 15 heavy (non-hydrogen) atoms. The summed E-state index contributed by atoms with van der Waals surface area (Å²) in [7, 11) is 1.30. The molecule has 5 heteroatoms. The summed E-state index contributed by atoms with van der Waals surface area (Å²) in [5.74, 6) is 0.209. The number of hydrogen-bond acceptors (Lipinski definition) is 5. The van der Waals surface area contributed by atoms with Crippen molar-refractivity contribution < 1.29 is 14.3 Å². The summed E-state index contributed by atoms with van der Waals surface area (Å²) in [6.45, 7) is 3.72. The van der Waals surface area contributed by atoms with Gasteiger partial charge in [-0.1, -0.05) is 0 Å². The van der Waals surface area contributed by atoms with Gasteiger partial charge in [-0.2, -0.15) is 0 Å². The van der Waals surface area contributed by atoms with E-state index in [1.165, 1.54) is 19.4 Å². The summed E-state index contributed by atoms with van der Waals surface area (Å²) in [6, 6.07) is 1.51. The Hall–Kier alpha value is -1.78. The molecule has 1 aromatic rings. The molecule has 0 atom stereocenters. The third-order valence-corrected chi connectivity index (χ3v) is 1.66. The summed E-state index contributed by atoms with van der Waals surface area (Å²) < 4.78 is 10.0. The molecule has 0 unspecified atom stereocenters. The smallest absolute Gasteiger partial charge is 0.343 e. The van der Waals surface area contributed by atoms with Crippen LogP contribution in [0.15, 0.2) is 12.3 Å². The summed E-state index contributed by atoms with van der Waals surface area (Å²) in [5, 5.41) is 0. The van der Waals surface area contributed by atoms with Gasteiger partial charge < -0.3 is 15.2 Å². The number of carbonyl (C=O) groups is 1. The van der Waals surface area contributed by atoms with Gasteiger partial charge in [0.05, 0.1) is 13.2 Å². The van der Waals surface area contributed by atoms with Crippen molar-refractivity contribution in [1.29, 1.82) is 0 Å². The minimum atomic E-state index is -0.488. The van der Waals surface area contributed by atoms with Gasteiger partial charge in [0.15, 0.2) is 0 Å². The Morgan fingerprint density at radius 1 is 1.53 bits per heavy atom. The molecule has 0 radical (unpaired) electrons. The second-order valence-electron chi connectivity index (χ2n) is 3.26. The quantitative estimate of drug-likeness (QED) is 0.759. The van der Waals surface area contributed by atoms with E-state index in [9.17, 15) is 4.79 Å². The lowest BCUT2D eigenvalue weighted by atomic mass is 10.2. The second kappa shape index (κ2) is 4.63. The zero-order valence-electron chi connectivity index (χ0n) is 8.98. The number of esters is 1. The predicted molar refractivity (Wildman–Crippen MR) is 55.8 cm³/mol. The third kappa shape index (κ3) is 2.83. The van der Waals surface area contributed by atoms with E-state index in [1.807, 2.05) is 13.8 Å². The maximum atomic E-state index is 11.3. The van der Waals surface area contributed by atoms with E-state index in [0.29, 0.717) is 11.6 Å². The molecule has 1 heterocycles. The number of rotatable bonds is 3. The Balaban J connectivity index is 3.08. The molecule has 0 fully saturated rings. The van der Waals surface area contributed by atoms with Crippen molar-refractivity contribution >= 4 is 11.8 Å². The number of pyridine rings is 1. The molecule has 1 rings (SSSR count). The molecule has 0 spiro atoms. The second-order valence-corrected chi connectivity index (χ2v) is 3.26. The molecule has 5 nitrogen and oxygen atoms in total. The first kappa shape index (κ1) is 11.3. The van der Waals surface area contributed by atoms with Crippen LogP contribution in [0.4, 0.5) is 5.82 Å². The molecule has 82 valence electrons. The van der Waals surface area contributed by atoms with E-state index in [0.717, 1.165) is 0 Å². The third-order valence-electron chi connectivity index (χ3n) is 1.66. The number of hydrogen-bond donors (Lipinski definition) is 1. The molecular formula is C10H14N2O3. The van der Waals surface area contributed by atoms with Crippen molar-refractivity contribution in [1.82, 2.24) is 4.98 Å². The largest absolute Gasteiger partial charge is 0.490 e. The van der Waals surface area contributed by atoms with Gasteiger partial charge in [-0.05, 0) is 13.8 Å². The van der Waals surface area contributed by atoms with Gasteiger partial charge in [-0.3, -0.25) is 0 Å². The summed E-state index contributed by atoms with van der Waals surface area (Å²) in [5.41, 5.74) is 5.78. The lowest BCUT2D eigenvalue weighted by Gasteiger charge is -2.12. The van der Waals surface area contributed by atoms with E-state index in [1.54, 1.807) is 0 Å². The number of nitrogen functional groups attached to an aromatic ring is 1. The van der Waals surface area contributed by atoms with Crippen LogP contribution in [0.5, 0.6) is 5.75 Å². The van der Waals surface area contributed by atoms with Crippen molar-refractivity contribution in [2.45, 2.75) is 20.0 Å². The molecule has 1 aromatic heterocycles. The standard InChI is InChI=1S/C10H14N2O3/c1-6(2)15-8-4-9(11)12-5-7(8)10(13)14-3/h4-6H,1-3H3,(H2,11,12). The number of anilines is 1. The van der Waals surface area contributed by atoms with E-state index in [4.69, 9.17) is 10.5 Å². The normalized spacial score (nSPS) is 10.1. The van der Waals surface area contributed by atoms with Crippen LogP contribution < -0.4 is 10.5 Å². The lowest BCUT2D eigenvalue weighted by Crippen LogP contribution is -2.12. The molecule has 0 amide bonds. The summed E-state index contributed by atoms with van der Waals surface area (Å²) in [6.07, 6.45) is 1.30. The molecule has 2 N–H and O–H groups in total. The molecule has 0 aliphatic carbocycles. The fraction of sp³-hybridized carbons (Fsp3) is 0.400. The average molecular weight is 210 g/mol. The van der Waals surface area contributed by atoms with Crippen molar-refractivity contribution in [3.8, 4) is 5.75 Å². The molecule has 0 bridgehead atoms. The fourth-order valence-electron chi connectivity index (χ4n) is 1.07. The highest BCUT2D eigenvalue weighted by molar-refractivity contribution is 5.92. The highest BCUT2D eigenvalue weighted by Gasteiger charge is 2.15. The number of aromatic nitrogens is 1. The highest BCUT2D eigenvalue weighted by Crippen LogP contribution is 2.21. The molecule has 0 aliphatic rings. The van der Waals surface area contributed by atoms with Gasteiger partial charge in [0.2, 0.25) is 0 Å². The molecular weight excluding hydrogens is 196 g/mol. The first-order valence-electron chi connectivity index (χ1n) is 4.55. The topological polar surface area (TPSA) is 74.4 Å². The molecule has 0 aliphatic heterocycles. The summed E-state index contributed by atoms with van der Waals surface area (Å²) in [4.78, 5) is 15.2. The maximum absolute atomic E-state index is 11.3. The molecule has 0 aromatic carbocycles. The maximum Gasteiger partial charge on any atom is 0.343 e.